The Balaban J connectivity index is 1.58. The number of amides is 1. The van der Waals surface area contributed by atoms with Gasteiger partial charge in [0.2, 0.25) is 0 Å². The van der Waals surface area contributed by atoms with E-state index < -0.39 is 18.5 Å². The van der Waals surface area contributed by atoms with E-state index in [9.17, 15) is 9.59 Å². The fourth-order valence-electron chi connectivity index (χ4n) is 2.75. The molecular formula is C24H22N2O4. The van der Waals surface area contributed by atoms with Gasteiger partial charge < -0.3 is 9.47 Å². The standard InChI is InChI=1S/C24H22N2O4/c1-29-21-14-12-18(13-15-21)16-23(28)30-17-22(27)25-26-24(19-8-4-2-5-9-19)20-10-6-3-7-11-20/h2-15H,16-17H2,1H3,(H,25,27). The summed E-state index contributed by atoms with van der Waals surface area (Å²) in [6.45, 7) is -0.407. The summed E-state index contributed by atoms with van der Waals surface area (Å²) in [5, 5.41) is 4.26. The first-order valence-electron chi connectivity index (χ1n) is 9.41. The van der Waals surface area contributed by atoms with Gasteiger partial charge in [-0.2, -0.15) is 5.10 Å². The molecule has 6 heteroatoms. The summed E-state index contributed by atoms with van der Waals surface area (Å²) in [5.41, 5.74) is 5.58. The van der Waals surface area contributed by atoms with E-state index in [1.54, 1.807) is 31.4 Å². The molecule has 3 aromatic rings. The number of esters is 1. The topological polar surface area (TPSA) is 77.0 Å². The van der Waals surface area contributed by atoms with Gasteiger partial charge in [0, 0.05) is 11.1 Å². The van der Waals surface area contributed by atoms with Crippen LogP contribution in [0.2, 0.25) is 0 Å². The summed E-state index contributed by atoms with van der Waals surface area (Å²) in [5.74, 6) is -0.301. The Kier molecular flexibility index (Phi) is 7.33. The van der Waals surface area contributed by atoms with Crippen LogP contribution < -0.4 is 10.2 Å². The van der Waals surface area contributed by atoms with Gasteiger partial charge in [0.05, 0.1) is 19.2 Å². The number of hydrogen-bond acceptors (Lipinski definition) is 5. The molecule has 0 saturated carbocycles. The molecule has 3 rings (SSSR count). The second kappa shape index (κ2) is 10.6. The number of methoxy groups -OCH3 is 1. The number of hydrazone groups is 1. The molecule has 0 radical (unpaired) electrons. The van der Waals surface area contributed by atoms with Gasteiger partial charge >= 0.3 is 5.97 Å². The maximum Gasteiger partial charge on any atom is 0.310 e. The first-order chi connectivity index (χ1) is 14.7. The molecular weight excluding hydrogens is 380 g/mol. The maximum atomic E-state index is 12.1. The van der Waals surface area contributed by atoms with E-state index in [0.29, 0.717) is 11.5 Å². The van der Waals surface area contributed by atoms with Crippen molar-refractivity contribution >= 4 is 17.6 Å². The minimum atomic E-state index is -0.512. The molecule has 6 nitrogen and oxygen atoms in total. The highest BCUT2D eigenvalue weighted by Gasteiger charge is 2.10. The fraction of sp³-hybridized carbons (Fsp3) is 0.125. The highest BCUT2D eigenvalue weighted by molar-refractivity contribution is 6.13. The Morgan fingerprint density at radius 2 is 1.40 bits per heavy atom. The molecule has 0 heterocycles. The summed E-state index contributed by atoms with van der Waals surface area (Å²) >= 11 is 0. The van der Waals surface area contributed by atoms with Crippen LogP contribution in [0.25, 0.3) is 0 Å². The van der Waals surface area contributed by atoms with Crippen molar-refractivity contribution in [1.82, 2.24) is 5.43 Å². The number of ether oxygens (including phenoxy) is 2. The lowest BCUT2D eigenvalue weighted by Crippen LogP contribution is -2.26. The smallest absolute Gasteiger partial charge is 0.310 e. The van der Waals surface area contributed by atoms with Crippen LogP contribution in [0.4, 0.5) is 0 Å². The number of rotatable bonds is 8. The highest BCUT2D eigenvalue weighted by Crippen LogP contribution is 2.12. The van der Waals surface area contributed by atoms with Crippen LogP contribution in [0.15, 0.2) is 90.0 Å². The highest BCUT2D eigenvalue weighted by atomic mass is 16.5. The quantitative estimate of drug-likeness (QED) is 0.356. The third-order valence-corrected chi connectivity index (χ3v) is 4.26. The summed E-state index contributed by atoms with van der Waals surface area (Å²) in [6.07, 6.45) is 0.0693. The van der Waals surface area contributed by atoms with Crippen molar-refractivity contribution in [2.24, 2.45) is 5.10 Å². The molecule has 0 aliphatic heterocycles. The van der Waals surface area contributed by atoms with Gasteiger partial charge in [0.15, 0.2) is 6.61 Å². The first-order valence-corrected chi connectivity index (χ1v) is 9.41. The average molecular weight is 402 g/mol. The zero-order valence-corrected chi connectivity index (χ0v) is 16.6. The molecule has 0 aliphatic rings. The molecule has 0 aliphatic carbocycles. The molecule has 0 unspecified atom stereocenters. The van der Waals surface area contributed by atoms with Crippen molar-refractivity contribution in [1.29, 1.82) is 0 Å². The molecule has 1 N–H and O–H groups in total. The third kappa shape index (κ3) is 6.04. The van der Waals surface area contributed by atoms with Crippen molar-refractivity contribution in [2.45, 2.75) is 6.42 Å². The van der Waals surface area contributed by atoms with Crippen LogP contribution >= 0.6 is 0 Å². The number of carbonyl (C=O) groups is 2. The zero-order valence-electron chi connectivity index (χ0n) is 16.6. The predicted octanol–water partition coefficient (Wildman–Crippen LogP) is 3.35. The molecule has 0 bridgehead atoms. The van der Waals surface area contributed by atoms with Crippen LogP contribution in [0, 0.1) is 0 Å². The SMILES string of the molecule is COc1ccc(CC(=O)OCC(=O)NN=C(c2ccccc2)c2ccccc2)cc1. The van der Waals surface area contributed by atoms with Crippen molar-refractivity contribution in [2.75, 3.05) is 13.7 Å². The normalized spacial score (nSPS) is 10.0. The molecule has 3 aromatic carbocycles. The van der Waals surface area contributed by atoms with Crippen LogP contribution in [0.1, 0.15) is 16.7 Å². The van der Waals surface area contributed by atoms with Gasteiger partial charge in [0.25, 0.3) is 5.91 Å². The molecule has 152 valence electrons. The Morgan fingerprint density at radius 1 is 0.833 bits per heavy atom. The lowest BCUT2D eigenvalue weighted by atomic mass is 10.0. The van der Waals surface area contributed by atoms with Gasteiger partial charge in [-0.25, -0.2) is 5.43 Å². The van der Waals surface area contributed by atoms with Gasteiger partial charge in [-0.3, -0.25) is 9.59 Å². The summed E-state index contributed by atoms with van der Waals surface area (Å²) in [6, 6.07) is 26.1. The number of hydrogen-bond donors (Lipinski definition) is 1. The maximum absolute atomic E-state index is 12.1. The molecule has 0 spiro atoms. The minimum Gasteiger partial charge on any atom is -0.497 e. The van der Waals surface area contributed by atoms with E-state index in [1.807, 2.05) is 60.7 Å². The lowest BCUT2D eigenvalue weighted by Gasteiger charge is -2.08. The van der Waals surface area contributed by atoms with Gasteiger partial charge in [-0.15, -0.1) is 0 Å². The first kappa shape index (κ1) is 20.8. The molecule has 0 saturated heterocycles. The van der Waals surface area contributed by atoms with E-state index in [1.165, 1.54) is 0 Å². The summed E-state index contributed by atoms with van der Waals surface area (Å²) < 4.78 is 10.1. The minimum absolute atomic E-state index is 0.0693. The van der Waals surface area contributed by atoms with Crippen LogP contribution in [-0.4, -0.2) is 31.3 Å². The second-order valence-electron chi connectivity index (χ2n) is 6.41. The van der Waals surface area contributed by atoms with Crippen molar-refractivity contribution < 1.29 is 19.1 Å². The fourth-order valence-corrected chi connectivity index (χ4v) is 2.75. The van der Waals surface area contributed by atoms with E-state index in [0.717, 1.165) is 16.7 Å². The Bertz CT molecular complexity index is 959. The number of nitrogens with one attached hydrogen (secondary N) is 1. The van der Waals surface area contributed by atoms with Crippen LogP contribution in [-0.2, 0) is 20.7 Å². The largest absolute Gasteiger partial charge is 0.497 e. The Hall–Kier alpha value is -3.93. The predicted molar refractivity (Wildman–Crippen MR) is 114 cm³/mol. The monoisotopic (exact) mass is 402 g/mol. The molecule has 0 atom stereocenters. The number of carbonyl (C=O) groups excluding carboxylic acids is 2. The van der Waals surface area contributed by atoms with E-state index in [2.05, 4.69) is 10.5 Å². The van der Waals surface area contributed by atoms with Crippen molar-refractivity contribution in [3.8, 4) is 5.75 Å². The average Bonchev–Trinajstić information content (AvgIpc) is 2.80. The molecule has 0 fully saturated rings. The summed E-state index contributed by atoms with van der Waals surface area (Å²) in [4.78, 5) is 24.1. The molecule has 1 amide bonds. The van der Waals surface area contributed by atoms with E-state index in [-0.39, 0.29) is 6.42 Å². The van der Waals surface area contributed by atoms with Gasteiger partial charge in [-0.05, 0) is 17.7 Å². The van der Waals surface area contributed by atoms with Crippen LogP contribution in [0.5, 0.6) is 5.75 Å². The van der Waals surface area contributed by atoms with Crippen molar-refractivity contribution in [3.63, 3.8) is 0 Å². The zero-order chi connectivity index (χ0) is 21.2. The Labute approximate surface area is 175 Å². The summed E-state index contributed by atoms with van der Waals surface area (Å²) in [7, 11) is 1.57. The number of nitrogens with zero attached hydrogens (tertiary/aromatic N) is 1. The third-order valence-electron chi connectivity index (χ3n) is 4.26. The molecule has 0 aromatic heterocycles. The van der Waals surface area contributed by atoms with E-state index >= 15 is 0 Å². The Morgan fingerprint density at radius 3 is 1.93 bits per heavy atom. The van der Waals surface area contributed by atoms with Crippen molar-refractivity contribution in [3.05, 3.63) is 102 Å². The van der Waals surface area contributed by atoms with Gasteiger partial charge in [-0.1, -0.05) is 72.8 Å². The van der Waals surface area contributed by atoms with E-state index in [4.69, 9.17) is 9.47 Å². The number of benzene rings is 3. The van der Waals surface area contributed by atoms with Crippen LogP contribution in [0.3, 0.4) is 0 Å². The lowest BCUT2D eigenvalue weighted by molar-refractivity contribution is -0.147. The molecule has 30 heavy (non-hydrogen) atoms. The second-order valence-corrected chi connectivity index (χ2v) is 6.41. The van der Waals surface area contributed by atoms with Gasteiger partial charge in [0.1, 0.15) is 5.75 Å².